The van der Waals surface area contributed by atoms with Gasteiger partial charge in [0.1, 0.15) is 11.5 Å². The van der Waals surface area contributed by atoms with Gasteiger partial charge in [0, 0.05) is 18.1 Å². The highest BCUT2D eigenvalue weighted by molar-refractivity contribution is 5.72. The highest BCUT2D eigenvalue weighted by atomic mass is 16.5. The van der Waals surface area contributed by atoms with E-state index in [0.29, 0.717) is 17.5 Å². The van der Waals surface area contributed by atoms with Gasteiger partial charge < -0.3 is 8.94 Å². The standard InChI is InChI=1S/C17H12N2O3/c20-17-18-15-9-11(6-7-16(15)21-17)8-13-10-14(19-22-13)12-4-2-1-3-5-12/h1-7,9-10H,8H2,(H,18,20). The van der Waals surface area contributed by atoms with Crippen molar-refractivity contribution in [3.63, 3.8) is 0 Å². The van der Waals surface area contributed by atoms with E-state index in [1.807, 2.05) is 48.5 Å². The number of fused-ring (bicyclic) bond motifs is 1. The Hall–Kier alpha value is -3.08. The first-order valence-corrected chi connectivity index (χ1v) is 6.91. The number of aromatic amines is 1. The first kappa shape index (κ1) is 12.6. The Kier molecular flexibility index (Phi) is 2.89. The molecule has 0 aliphatic rings. The fourth-order valence-electron chi connectivity index (χ4n) is 2.45. The molecule has 22 heavy (non-hydrogen) atoms. The average molecular weight is 292 g/mol. The van der Waals surface area contributed by atoms with Crippen molar-refractivity contribution in [2.75, 3.05) is 0 Å². The van der Waals surface area contributed by atoms with Crippen molar-refractivity contribution in [1.29, 1.82) is 0 Å². The van der Waals surface area contributed by atoms with Gasteiger partial charge in [0.25, 0.3) is 0 Å². The number of nitrogens with zero attached hydrogens (tertiary/aromatic N) is 1. The van der Waals surface area contributed by atoms with Crippen molar-refractivity contribution in [2.24, 2.45) is 0 Å². The van der Waals surface area contributed by atoms with Gasteiger partial charge in [-0.1, -0.05) is 41.6 Å². The molecule has 1 N–H and O–H groups in total. The molecule has 0 spiro atoms. The van der Waals surface area contributed by atoms with E-state index in [9.17, 15) is 4.79 Å². The second-order valence-electron chi connectivity index (χ2n) is 5.07. The molecule has 0 unspecified atom stereocenters. The summed E-state index contributed by atoms with van der Waals surface area (Å²) in [6.45, 7) is 0. The van der Waals surface area contributed by atoms with Gasteiger partial charge >= 0.3 is 5.76 Å². The molecule has 2 aromatic carbocycles. The highest BCUT2D eigenvalue weighted by Gasteiger charge is 2.08. The summed E-state index contributed by atoms with van der Waals surface area (Å²) in [6.07, 6.45) is 0.600. The van der Waals surface area contributed by atoms with Crippen LogP contribution in [0.2, 0.25) is 0 Å². The molecular weight excluding hydrogens is 280 g/mol. The van der Waals surface area contributed by atoms with Crippen molar-refractivity contribution < 1.29 is 8.94 Å². The van der Waals surface area contributed by atoms with Gasteiger partial charge in [-0.3, -0.25) is 4.98 Å². The number of oxazole rings is 1. The number of rotatable bonds is 3. The summed E-state index contributed by atoms with van der Waals surface area (Å²) >= 11 is 0. The molecule has 2 heterocycles. The number of benzene rings is 2. The summed E-state index contributed by atoms with van der Waals surface area (Å²) in [7, 11) is 0. The van der Waals surface area contributed by atoms with Crippen LogP contribution in [0.15, 0.2) is 68.3 Å². The SMILES string of the molecule is O=c1[nH]c2cc(Cc3cc(-c4ccccc4)no3)ccc2o1. The van der Waals surface area contributed by atoms with Crippen molar-refractivity contribution >= 4 is 11.1 Å². The molecule has 0 amide bonds. The van der Waals surface area contributed by atoms with Crippen molar-refractivity contribution in [3.8, 4) is 11.3 Å². The van der Waals surface area contributed by atoms with E-state index in [4.69, 9.17) is 8.94 Å². The third-order valence-corrected chi connectivity index (χ3v) is 3.49. The molecule has 4 aromatic rings. The lowest BCUT2D eigenvalue weighted by molar-refractivity contribution is 0.391. The Balaban J connectivity index is 1.62. The molecule has 0 saturated carbocycles. The zero-order valence-corrected chi connectivity index (χ0v) is 11.6. The molecule has 5 nitrogen and oxygen atoms in total. The van der Waals surface area contributed by atoms with E-state index in [1.54, 1.807) is 6.07 Å². The van der Waals surface area contributed by atoms with Crippen LogP contribution in [0.25, 0.3) is 22.4 Å². The van der Waals surface area contributed by atoms with E-state index in [1.165, 1.54) is 0 Å². The number of hydrogen-bond acceptors (Lipinski definition) is 4. The van der Waals surface area contributed by atoms with E-state index < -0.39 is 5.76 Å². The summed E-state index contributed by atoms with van der Waals surface area (Å²) in [5.74, 6) is 0.322. The molecule has 5 heteroatoms. The van der Waals surface area contributed by atoms with Crippen LogP contribution in [0.4, 0.5) is 0 Å². The number of aromatic nitrogens is 2. The maximum atomic E-state index is 11.2. The Morgan fingerprint density at radius 1 is 1.05 bits per heavy atom. The van der Waals surface area contributed by atoms with Gasteiger partial charge in [0.05, 0.1) is 5.52 Å². The molecule has 0 fully saturated rings. The van der Waals surface area contributed by atoms with Crippen LogP contribution in [0.5, 0.6) is 0 Å². The fraction of sp³-hybridized carbons (Fsp3) is 0.0588. The van der Waals surface area contributed by atoms with Crippen LogP contribution in [0.1, 0.15) is 11.3 Å². The molecule has 0 saturated heterocycles. The maximum Gasteiger partial charge on any atom is 0.417 e. The predicted molar refractivity (Wildman–Crippen MR) is 81.6 cm³/mol. The van der Waals surface area contributed by atoms with Crippen LogP contribution in [-0.2, 0) is 6.42 Å². The second kappa shape index (κ2) is 5.04. The van der Waals surface area contributed by atoms with Gasteiger partial charge in [-0.05, 0) is 17.7 Å². The van der Waals surface area contributed by atoms with E-state index in [2.05, 4.69) is 10.1 Å². The summed E-state index contributed by atoms with van der Waals surface area (Å²) in [5.41, 5.74) is 4.09. The number of H-pyrrole nitrogens is 1. The molecule has 0 bridgehead atoms. The van der Waals surface area contributed by atoms with Gasteiger partial charge in [-0.15, -0.1) is 0 Å². The lowest BCUT2D eigenvalue weighted by atomic mass is 10.1. The summed E-state index contributed by atoms with van der Waals surface area (Å²) < 4.78 is 10.4. The zero-order valence-electron chi connectivity index (χ0n) is 11.6. The molecule has 0 aliphatic heterocycles. The van der Waals surface area contributed by atoms with Gasteiger partial charge in [-0.25, -0.2) is 4.79 Å². The third-order valence-electron chi connectivity index (χ3n) is 3.49. The molecule has 0 radical (unpaired) electrons. The fourth-order valence-corrected chi connectivity index (χ4v) is 2.45. The smallest absolute Gasteiger partial charge is 0.408 e. The molecule has 108 valence electrons. The average Bonchev–Trinajstić information content (AvgIpc) is 3.13. The van der Waals surface area contributed by atoms with Gasteiger partial charge in [0.15, 0.2) is 5.58 Å². The third kappa shape index (κ3) is 2.33. The first-order chi connectivity index (χ1) is 10.8. The number of nitrogens with one attached hydrogen (secondary N) is 1. The summed E-state index contributed by atoms with van der Waals surface area (Å²) in [4.78, 5) is 13.8. The molecular formula is C17H12N2O3. The van der Waals surface area contributed by atoms with Crippen LogP contribution in [0, 0.1) is 0 Å². The minimum absolute atomic E-state index is 0.446. The quantitative estimate of drug-likeness (QED) is 0.628. The number of hydrogen-bond donors (Lipinski definition) is 1. The Morgan fingerprint density at radius 3 is 2.77 bits per heavy atom. The zero-order chi connectivity index (χ0) is 14.9. The summed E-state index contributed by atoms with van der Waals surface area (Å²) in [6, 6.07) is 17.4. The molecule has 0 aliphatic carbocycles. The van der Waals surface area contributed by atoms with Crippen LogP contribution >= 0.6 is 0 Å². The Morgan fingerprint density at radius 2 is 1.91 bits per heavy atom. The van der Waals surface area contributed by atoms with Gasteiger partial charge in [-0.2, -0.15) is 0 Å². The predicted octanol–water partition coefficient (Wildman–Crippen LogP) is 3.37. The van der Waals surface area contributed by atoms with Crippen molar-refractivity contribution in [1.82, 2.24) is 10.1 Å². The van der Waals surface area contributed by atoms with E-state index in [0.717, 1.165) is 22.6 Å². The van der Waals surface area contributed by atoms with Crippen molar-refractivity contribution in [2.45, 2.75) is 6.42 Å². The minimum Gasteiger partial charge on any atom is -0.408 e. The van der Waals surface area contributed by atoms with Crippen LogP contribution in [0.3, 0.4) is 0 Å². The largest absolute Gasteiger partial charge is 0.417 e. The Labute approximate surface area is 125 Å². The summed E-state index contributed by atoms with van der Waals surface area (Å²) in [5, 5.41) is 4.10. The Bertz CT molecular complexity index is 980. The lowest BCUT2D eigenvalue weighted by Crippen LogP contribution is -1.93. The second-order valence-corrected chi connectivity index (χ2v) is 5.07. The normalized spacial score (nSPS) is 11.1. The van der Waals surface area contributed by atoms with Gasteiger partial charge in [0.2, 0.25) is 0 Å². The van der Waals surface area contributed by atoms with E-state index >= 15 is 0 Å². The topological polar surface area (TPSA) is 72.0 Å². The lowest BCUT2D eigenvalue weighted by Gasteiger charge is -1.96. The van der Waals surface area contributed by atoms with Crippen LogP contribution < -0.4 is 5.76 Å². The molecule has 0 atom stereocenters. The molecule has 2 aromatic heterocycles. The first-order valence-electron chi connectivity index (χ1n) is 6.91. The van der Waals surface area contributed by atoms with Crippen molar-refractivity contribution in [3.05, 3.63) is 76.5 Å². The van der Waals surface area contributed by atoms with Crippen LogP contribution in [-0.4, -0.2) is 10.1 Å². The maximum absolute atomic E-state index is 11.2. The minimum atomic E-state index is -0.446. The molecule has 4 rings (SSSR count). The van der Waals surface area contributed by atoms with E-state index in [-0.39, 0.29) is 0 Å². The highest BCUT2D eigenvalue weighted by Crippen LogP contribution is 2.21. The monoisotopic (exact) mass is 292 g/mol.